The van der Waals surface area contributed by atoms with Crippen molar-refractivity contribution >= 4 is 29.0 Å². The van der Waals surface area contributed by atoms with Gasteiger partial charge in [0.15, 0.2) is 0 Å². The molecule has 3 rings (SSSR count). The number of aromatic nitrogens is 3. The van der Waals surface area contributed by atoms with E-state index in [2.05, 4.69) is 35.0 Å². The molecular weight excluding hydrogens is 312 g/mol. The van der Waals surface area contributed by atoms with Crippen molar-refractivity contribution in [2.24, 2.45) is 10.9 Å². The number of ether oxygens (including phenoxy) is 1. The second kappa shape index (κ2) is 6.62. The summed E-state index contributed by atoms with van der Waals surface area (Å²) in [6, 6.07) is 1.83. The Hall–Kier alpha value is -2.02. The summed E-state index contributed by atoms with van der Waals surface area (Å²) in [5.41, 5.74) is 1.98. The first-order valence-electron chi connectivity index (χ1n) is 7.84. The van der Waals surface area contributed by atoms with Crippen LogP contribution in [0, 0.1) is 12.8 Å². The maximum atomic E-state index is 12.7. The van der Waals surface area contributed by atoms with Crippen molar-refractivity contribution in [1.29, 1.82) is 0 Å². The van der Waals surface area contributed by atoms with Crippen molar-refractivity contribution in [3.8, 4) is 0 Å². The molecule has 1 aliphatic rings. The highest BCUT2D eigenvalue weighted by atomic mass is 32.1. The van der Waals surface area contributed by atoms with Crippen LogP contribution in [0.4, 0.5) is 5.95 Å². The second-order valence-electron chi connectivity index (χ2n) is 5.50. The second-order valence-corrected chi connectivity index (χ2v) is 6.45. The number of esters is 1. The van der Waals surface area contributed by atoms with Gasteiger partial charge in [0.25, 0.3) is 0 Å². The lowest BCUT2D eigenvalue weighted by molar-refractivity contribution is -0.146. The van der Waals surface area contributed by atoms with Gasteiger partial charge in [-0.1, -0.05) is 13.3 Å². The third-order valence-electron chi connectivity index (χ3n) is 3.95. The summed E-state index contributed by atoms with van der Waals surface area (Å²) in [4.78, 5) is 22.6. The maximum Gasteiger partial charge on any atom is 0.317 e. The van der Waals surface area contributed by atoms with Crippen molar-refractivity contribution in [2.45, 2.75) is 39.7 Å². The SMILES string of the molecule is CCCC1=Nc2ncnn2C(c2sccc2C)C1C(=O)OCC. The standard InChI is InChI=1S/C16H20N4O2S/c1-4-6-11-12(15(21)22-5-2)13(14-10(3)7-8-23-14)20-16(19-11)17-9-18-20/h7-9,12-13H,4-6H2,1-3H3. The van der Waals surface area contributed by atoms with Crippen LogP contribution >= 0.6 is 11.3 Å². The summed E-state index contributed by atoms with van der Waals surface area (Å²) in [5, 5.41) is 6.36. The van der Waals surface area contributed by atoms with Crippen LogP contribution in [0.25, 0.3) is 0 Å². The Morgan fingerprint density at radius 1 is 1.43 bits per heavy atom. The van der Waals surface area contributed by atoms with Crippen LogP contribution in [0.2, 0.25) is 0 Å². The molecule has 0 aliphatic carbocycles. The number of hydrogen-bond donors (Lipinski definition) is 0. The molecule has 0 spiro atoms. The summed E-state index contributed by atoms with van der Waals surface area (Å²) in [7, 11) is 0. The minimum atomic E-state index is -0.443. The van der Waals surface area contributed by atoms with Gasteiger partial charge < -0.3 is 4.74 Å². The summed E-state index contributed by atoms with van der Waals surface area (Å²) >= 11 is 1.63. The van der Waals surface area contributed by atoms with Crippen molar-refractivity contribution in [3.63, 3.8) is 0 Å². The van der Waals surface area contributed by atoms with E-state index in [1.54, 1.807) is 16.0 Å². The molecule has 23 heavy (non-hydrogen) atoms. The normalized spacial score (nSPS) is 20.0. The fourth-order valence-corrected chi connectivity index (χ4v) is 4.00. The molecule has 0 fully saturated rings. The predicted molar refractivity (Wildman–Crippen MR) is 89.3 cm³/mol. The van der Waals surface area contributed by atoms with Crippen LogP contribution < -0.4 is 0 Å². The molecule has 122 valence electrons. The molecular formula is C16H20N4O2S. The highest BCUT2D eigenvalue weighted by Crippen LogP contribution is 2.40. The summed E-state index contributed by atoms with van der Waals surface area (Å²) in [6.07, 6.45) is 3.15. The van der Waals surface area contributed by atoms with E-state index in [4.69, 9.17) is 4.74 Å². The molecule has 0 radical (unpaired) electrons. The monoisotopic (exact) mass is 332 g/mol. The lowest BCUT2D eigenvalue weighted by Gasteiger charge is -2.30. The Labute approximate surface area is 139 Å². The van der Waals surface area contributed by atoms with Gasteiger partial charge in [-0.05, 0) is 37.3 Å². The number of fused-ring (bicyclic) bond motifs is 1. The molecule has 0 N–H and O–H groups in total. The Kier molecular flexibility index (Phi) is 4.56. The van der Waals surface area contributed by atoms with E-state index in [1.165, 1.54) is 6.33 Å². The van der Waals surface area contributed by atoms with Crippen LogP contribution in [0.3, 0.4) is 0 Å². The van der Waals surface area contributed by atoms with Gasteiger partial charge in [0.05, 0.1) is 6.61 Å². The van der Waals surface area contributed by atoms with Gasteiger partial charge in [-0.25, -0.2) is 9.67 Å². The van der Waals surface area contributed by atoms with E-state index >= 15 is 0 Å². The Morgan fingerprint density at radius 2 is 2.26 bits per heavy atom. The van der Waals surface area contributed by atoms with Crippen LogP contribution in [-0.4, -0.2) is 33.1 Å². The summed E-state index contributed by atoms with van der Waals surface area (Å²) in [6.45, 7) is 6.31. The molecule has 2 atom stereocenters. The van der Waals surface area contributed by atoms with Gasteiger partial charge in [0.2, 0.25) is 5.95 Å². The number of thiophene rings is 1. The smallest absolute Gasteiger partial charge is 0.317 e. The average Bonchev–Trinajstić information content (AvgIpc) is 3.15. The lowest BCUT2D eigenvalue weighted by atomic mass is 9.88. The van der Waals surface area contributed by atoms with Crippen molar-refractivity contribution in [2.75, 3.05) is 6.61 Å². The average molecular weight is 332 g/mol. The quantitative estimate of drug-likeness (QED) is 0.788. The molecule has 2 unspecified atom stereocenters. The number of carbonyl (C=O) groups is 1. The fraction of sp³-hybridized carbons (Fsp3) is 0.500. The predicted octanol–water partition coefficient (Wildman–Crippen LogP) is 3.30. The highest BCUT2D eigenvalue weighted by molar-refractivity contribution is 7.10. The molecule has 1 aliphatic heterocycles. The summed E-state index contributed by atoms with van der Waals surface area (Å²) < 4.78 is 7.09. The van der Waals surface area contributed by atoms with Crippen molar-refractivity contribution in [3.05, 3.63) is 28.2 Å². The Balaban J connectivity index is 2.13. The maximum absolute atomic E-state index is 12.7. The van der Waals surface area contributed by atoms with E-state index in [9.17, 15) is 4.79 Å². The number of hydrogen-bond acceptors (Lipinski definition) is 6. The van der Waals surface area contributed by atoms with Gasteiger partial charge in [-0.3, -0.25) is 4.79 Å². The summed E-state index contributed by atoms with van der Waals surface area (Å²) in [5.74, 6) is -0.119. The van der Waals surface area contributed by atoms with Gasteiger partial charge in [-0.15, -0.1) is 11.3 Å². The molecule has 0 saturated carbocycles. The van der Waals surface area contributed by atoms with Crippen LogP contribution in [-0.2, 0) is 9.53 Å². The van der Waals surface area contributed by atoms with Crippen LogP contribution in [0.15, 0.2) is 22.8 Å². The van der Waals surface area contributed by atoms with E-state index < -0.39 is 5.92 Å². The van der Waals surface area contributed by atoms with Gasteiger partial charge in [0.1, 0.15) is 18.3 Å². The number of aryl methyl sites for hydroxylation is 1. The highest BCUT2D eigenvalue weighted by Gasteiger charge is 2.42. The number of rotatable bonds is 5. The minimum absolute atomic E-state index is 0.231. The van der Waals surface area contributed by atoms with Gasteiger partial charge >= 0.3 is 5.97 Å². The number of aliphatic imine (C=N–C) groups is 1. The molecule has 3 heterocycles. The first kappa shape index (κ1) is 15.9. The zero-order chi connectivity index (χ0) is 16.4. The van der Waals surface area contributed by atoms with Crippen LogP contribution in [0.5, 0.6) is 0 Å². The molecule has 2 aromatic rings. The van der Waals surface area contributed by atoms with E-state index in [0.29, 0.717) is 12.6 Å². The number of carbonyl (C=O) groups excluding carboxylic acids is 1. The largest absolute Gasteiger partial charge is 0.465 e. The lowest BCUT2D eigenvalue weighted by Crippen LogP contribution is -2.38. The van der Waals surface area contributed by atoms with Crippen molar-refractivity contribution < 1.29 is 9.53 Å². The third-order valence-corrected chi connectivity index (χ3v) is 5.04. The van der Waals surface area contributed by atoms with E-state index in [1.807, 2.05) is 12.3 Å². The van der Waals surface area contributed by atoms with Gasteiger partial charge in [-0.2, -0.15) is 10.1 Å². The van der Waals surface area contributed by atoms with Crippen LogP contribution in [0.1, 0.15) is 43.2 Å². The third kappa shape index (κ3) is 2.81. The zero-order valence-corrected chi connectivity index (χ0v) is 14.3. The minimum Gasteiger partial charge on any atom is -0.465 e. The fourth-order valence-electron chi connectivity index (χ4n) is 2.96. The van der Waals surface area contributed by atoms with Gasteiger partial charge in [0, 0.05) is 10.6 Å². The van der Waals surface area contributed by atoms with E-state index in [-0.39, 0.29) is 12.0 Å². The van der Waals surface area contributed by atoms with E-state index in [0.717, 1.165) is 29.0 Å². The molecule has 0 aromatic carbocycles. The molecule has 2 aromatic heterocycles. The topological polar surface area (TPSA) is 69.4 Å². The Bertz CT molecular complexity index is 734. The first-order chi connectivity index (χ1) is 11.2. The zero-order valence-electron chi connectivity index (χ0n) is 13.5. The molecule has 0 amide bonds. The molecule has 6 nitrogen and oxygen atoms in total. The van der Waals surface area contributed by atoms with Crippen molar-refractivity contribution in [1.82, 2.24) is 14.8 Å². The molecule has 0 saturated heterocycles. The molecule has 7 heteroatoms. The molecule has 0 bridgehead atoms. The number of nitrogens with zero attached hydrogens (tertiary/aromatic N) is 4. The Morgan fingerprint density at radius 3 is 2.91 bits per heavy atom. The first-order valence-corrected chi connectivity index (χ1v) is 8.72.